The Morgan fingerprint density at radius 3 is 2.67 bits per heavy atom. The third-order valence-corrected chi connectivity index (χ3v) is 5.69. The van der Waals surface area contributed by atoms with Crippen molar-refractivity contribution in [3.05, 3.63) is 85.5 Å². The van der Waals surface area contributed by atoms with E-state index >= 15 is 0 Å². The van der Waals surface area contributed by atoms with E-state index in [1.54, 1.807) is 6.07 Å². The van der Waals surface area contributed by atoms with Gasteiger partial charge in [-0.15, -0.1) is 5.69 Å². The van der Waals surface area contributed by atoms with Crippen LogP contribution in [0.15, 0.2) is 36.4 Å². The Balaban J connectivity index is 2.02. The van der Waals surface area contributed by atoms with Gasteiger partial charge in [0.1, 0.15) is 11.6 Å². The lowest BCUT2D eigenvalue weighted by Gasteiger charge is -2.32. The van der Waals surface area contributed by atoms with E-state index in [-0.39, 0.29) is 5.82 Å². The molecule has 0 fully saturated rings. The predicted molar refractivity (Wildman–Crippen MR) is 122 cm³/mol. The molecule has 0 bridgehead atoms. The fourth-order valence-corrected chi connectivity index (χ4v) is 3.94. The summed E-state index contributed by atoms with van der Waals surface area (Å²) in [5.74, 6) is 1.52. The molecule has 4 rings (SSSR count). The van der Waals surface area contributed by atoms with Gasteiger partial charge in [0.15, 0.2) is 0 Å². The minimum atomic E-state index is 0.224. The van der Waals surface area contributed by atoms with Crippen molar-refractivity contribution in [2.24, 2.45) is 0 Å². The summed E-state index contributed by atoms with van der Waals surface area (Å²) in [6.07, 6.45) is 3.00. The van der Waals surface area contributed by atoms with Crippen molar-refractivity contribution in [3.8, 4) is 5.75 Å². The summed E-state index contributed by atoms with van der Waals surface area (Å²) in [7, 11) is 0. The molecule has 1 aliphatic rings. The number of benzene rings is 2. The van der Waals surface area contributed by atoms with Gasteiger partial charge in [-0.25, -0.2) is 10.8 Å². The molecule has 2 aromatic carbocycles. The highest BCUT2D eigenvalue weighted by Gasteiger charge is 2.11. The van der Waals surface area contributed by atoms with Crippen molar-refractivity contribution in [1.29, 1.82) is 0 Å². The maximum absolute atomic E-state index is 9.91. The summed E-state index contributed by atoms with van der Waals surface area (Å²) in [5, 5.41) is 18.3. The molecule has 2 heterocycles. The monoisotopic (exact) mass is 400 g/mol. The molecule has 1 aromatic heterocycles. The van der Waals surface area contributed by atoms with Gasteiger partial charge in [-0.1, -0.05) is 49.2 Å². The van der Waals surface area contributed by atoms with Crippen molar-refractivity contribution in [1.82, 2.24) is 9.55 Å². The minimum Gasteiger partial charge on any atom is -0.716 e. The van der Waals surface area contributed by atoms with Crippen LogP contribution in [0.1, 0.15) is 50.6 Å². The van der Waals surface area contributed by atoms with Crippen LogP contribution >= 0.6 is 0 Å². The molecule has 3 aromatic rings. The molecule has 1 aliphatic heterocycles. The Hall–Kier alpha value is -3.21. The SMILES string of the molecule is CCCCc1nc2c(n1Cc1ccc(O)c(C)c1)=c1ccc(=C(C)C)cc1[N-]C=2[NH-]. The molecule has 0 aliphatic carbocycles. The fourth-order valence-electron chi connectivity index (χ4n) is 3.94. The number of aryl methyl sites for hydroxylation is 2. The van der Waals surface area contributed by atoms with Gasteiger partial charge in [-0.05, 0) is 54.8 Å². The molecule has 2 N–H and O–H groups in total. The Kier molecular flexibility index (Phi) is 5.29. The predicted octanol–water partition coefficient (Wildman–Crippen LogP) is 4.90. The molecule has 0 radical (unpaired) electrons. The van der Waals surface area contributed by atoms with Crippen LogP contribution in [0, 0.1) is 17.5 Å². The fraction of sp³-hybridized carbons (Fsp3) is 0.320. The van der Waals surface area contributed by atoms with Crippen LogP contribution in [-0.2, 0) is 13.0 Å². The maximum Gasteiger partial charge on any atom is 0.118 e. The molecular formula is C25H28N4O-2. The topological polar surface area (TPSA) is 76.0 Å². The summed E-state index contributed by atoms with van der Waals surface area (Å²) in [6, 6.07) is 12.0. The Labute approximate surface area is 176 Å². The van der Waals surface area contributed by atoms with Crippen LogP contribution in [0.4, 0.5) is 5.69 Å². The third-order valence-electron chi connectivity index (χ3n) is 5.69. The molecule has 0 unspecified atom stereocenters. The largest absolute Gasteiger partial charge is 0.716 e. The molecule has 0 saturated heterocycles. The molecule has 30 heavy (non-hydrogen) atoms. The van der Waals surface area contributed by atoms with Gasteiger partial charge in [-0.2, -0.15) is 0 Å². The van der Waals surface area contributed by atoms with E-state index < -0.39 is 0 Å². The molecule has 5 nitrogen and oxygen atoms in total. The summed E-state index contributed by atoms with van der Waals surface area (Å²) >= 11 is 0. The van der Waals surface area contributed by atoms with Gasteiger partial charge in [0, 0.05) is 13.0 Å². The zero-order valence-corrected chi connectivity index (χ0v) is 18.1. The number of rotatable bonds is 5. The smallest absolute Gasteiger partial charge is 0.118 e. The Morgan fingerprint density at radius 2 is 1.97 bits per heavy atom. The molecule has 0 atom stereocenters. The molecule has 5 heteroatoms. The van der Waals surface area contributed by atoms with E-state index in [1.807, 2.05) is 19.1 Å². The first-order valence-electron chi connectivity index (χ1n) is 10.5. The first-order valence-corrected chi connectivity index (χ1v) is 10.5. The quantitative estimate of drug-likeness (QED) is 0.661. The lowest BCUT2D eigenvalue weighted by Crippen LogP contribution is -2.14. The Morgan fingerprint density at radius 1 is 1.17 bits per heavy atom. The maximum atomic E-state index is 9.91. The number of phenols is 1. The van der Waals surface area contributed by atoms with Crippen LogP contribution < -0.4 is 10.6 Å². The van der Waals surface area contributed by atoms with Crippen LogP contribution in [0.5, 0.6) is 5.75 Å². The van der Waals surface area contributed by atoms with Crippen LogP contribution in [0.3, 0.4) is 0 Å². The first kappa shape index (κ1) is 20.1. The average Bonchev–Trinajstić information content (AvgIpc) is 3.08. The van der Waals surface area contributed by atoms with Gasteiger partial charge in [0.25, 0.3) is 0 Å². The second-order valence-electron chi connectivity index (χ2n) is 8.23. The third kappa shape index (κ3) is 3.56. The number of fused-ring (bicyclic) bond motifs is 2. The average molecular weight is 401 g/mol. The first-order chi connectivity index (χ1) is 14.4. The second-order valence-corrected chi connectivity index (χ2v) is 8.23. The van der Waals surface area contributed by atoms with Gasteiger partial charge in [-0.3, -0.25) is 0 Å². The summed E-state index contributed by atoms with van der Waals surface area (Å²) in [4.78, 5) is 4.85. The summed E-state index contributed by atoms with van der Waals surface area (Å²) in [5.41, 5.74) is 12.5. The van der Waals surface area contributed by atoms with E-state index in [0.29, 0.717) is 17.6 Å². The van der Waals surface area contributed by atoms with E-state index in [2.05, 4.69) is 48.9 Å². The molecule has 156 valence electrons. The van der Waals surface area contributed by atoms with Crippen molar-refractivity contribution in [3.63, 3.8) is 0 Å². The van der Waals surface area contributed by atoms with E-state index in [0.717, 1.165) is 57.7 Å². The van der Waals surface area contributed by atoms with Crippen LogP contribution in [-0.4, -0.2) is 14.7 Å². The zero-order chi connectivity index (χ0) is 21.4. The normalized spacial score (nSPS) is 12.3. The number of hydrogen-bond acceptors (Lipinski definition) is 2. The van der Waals surface area contributed by atoms with Crippen LogP contribution in [0.25, 0.3) is 22.4 Å². The highest BCUT2D eigenvalue weighted by Crippen LogP contribution is 2.28. The van der Waals surface area contributed by atoms with Crippen molar-refractivity contribution >= 4 is 17.1 Å². The number of unbranched alkanes of at least 4 members (excludes halogenated alkanes) is 1. The highest BCUT2D eigenvalue weighted by atomic mass is 16.3. The van der Waals surface area contributed by atoms with Gasteiger partial charge >= 0.3 is 0 Å². The zero-order valence-electron chi connectivity index (χ0n) is 18.1. The van der Waals surface area contributed by atoms with Crippen molar-refractivity contribution in [2.75, 3.05) is 0 Å². The summed E-state index contributed by atoms with van der Waals surface area (Å²) in [6.45, 7) is 8.91. The minimum absolute atomic E-state index is 0.224. The lowest BCUT2D eigenvalue weighted by molar-refractivity contribution is 0.470. The van der Waals surface area contributed by atoms with E-state index in [4.69, 9.17) is 10.7 Å². The lowest BCUT2D eigenvalue weighted by atomic mass is 10.1. The van der Waals surface area contributed by atoms with E-state index in [1.165, 1.54) is 5.57 Å². The number of imidazole rings is 1. The summed E-state index contributed by atoms with van der Waals surface area (Å²) < 4.78 is 2.24. The number of nitrogens with zero attached hydrogens (tertiary/aromatic N) is 3. The highest BCUT2D eigenvalue weighted by molar-refractivity contribution is 5.76. The number of aromatic nitrogens is 2. The van der Waals surface area contributed by atoms with Gasteiger partial charge in [0.05, 0.1) is 10.7 Å². The second kappa shape index (κ2) is 7.90. The van der Waals surface area contributed by atoms with Gasteiger partial charge < -0.3 is 20.7 Å². The Bertz CT molecular complexity index is 1330. The number of phenolic OH excluding ortho intramolecular Hbond substituents is 1. The van der Waals surface area contributed by atoms with Gasteiger partial charge in [0.2, 0.25) is 0 Å². The molecule has 0 spiro atoms. The molecule has 0 saturated carbocycles. The number of aromatic hydroxyl groups is 1. The van der Waals surface area contributed by atoms with Crippen molar-refractivity contribution < 1.29 is 5.11 Å². The molecular weight excluding hydrogens is 372 g/mol. The molecule has 0 amide bonds. The standard InChI is InChI=1S/C25H28N4O/c1-5-6-7-22-28-23-24(29(22)14-17-8-11-21(30)16(4)12-17)19-10-9-18(15(2)3)13-20(19)27-25(23)26/h8-13,26,30H,5-7,14H2,1-4H3/q-2. The van der Waals surface area contributed by atoms with E-state index in [9.17, 15) is 5.11 Å². The number of nitrogens with one attached hydrogen (secondary N) is 1. The number of hydrogen-bond donors (Lipinski definition) is 1. The van der Waals surface area contributed by atoms with Crippen molar-refractivity contribution in [2.45, 2.75) is 53.5 Å². The van der Waals surface area contributed by atoms with Crippen LogP contribution in [0.2, 0.25) is 0 Å².